The molecule has 2 nitrogen and oxygen atoms in total. The first-order valence-corrected chi connectivity index (χ1v) is 6.53. The first kappa shape index (κ1) is 17.2. The Bertz CT molecular complexity index is 362. The Hall–Kier alpha value is 0.200. The smallest absolute Gasteiger partial charge is 0.0758 e. The van der Waals surface area contributed by atoms with Crippen LogP contribution in [0.2, 0.25) is 5.02 Å². The van der Waals surface area contributed by atoms with Crippen molar-refractivity contribution in [2.75, 3.05) is 0 Å². The number of benzene rings is 1. The molecule has 0 fully saturated rings. The van der Waals surface area contributed by atoms with Crippen molar-refractivity contribution in [1.29, 1.82) is 0 Å². The lowest BCUT2D eigenvalue weighted by atomic mass is 9.92. The number of nitrogens with two attached hydrogens (primary N) is 1. The molecule has 0 aliphatic rings. The van der Waals surface area contributed by atoms with E-state index in [4.69, 9.17) is 17.3 Å². The van der Waals surface area contributed by atoms with Crippen LogP contribution in [-0.2, 0) is 0 Å². The molecule has 0 bridgehead atoms. The molecule has 1 aromatic rings. The average Bonchev–Trinajstić information content (AvgIpc) is 2.29. The largest absolute Gasteiger partial charge is 0.391 e. The van der Waals surface area contributed by atoms with Crippen molar-refractivity contribution in [1.82, 2.24) is 0 Å². The fourth-order valence-corrected chi connectivity index (χ4v) is 2.24. The summed E-state index contributed by atoms with van der Waals surface area (Å²) in [5, 5.41) is 10.7. The number of rotatable bonds is 4. The molecule has 1 rings (SSSR count). The van der Waals surface area contributed by atoms with Gasteiger partial charge in [-0.2, -0.15) is 0 Å². The minimum Gasteiger partial charge on any atom is -0.391 e. The average molecular weight is 343 g/mol. The maximum atomic E-state index is 10.1. The fraction of sp³-hybridized carbons (Fsp3) is 0.500. The molecule has 0 heterocycles. The summed E-state index contributed by atoms with van der Waals surface area (Å²) in [4.78, 5) is 0. The number of halogens is 3. The third kappa shape index (κ3) is 4.42. The van der Waals surface area contributed by atoms with Crippen LogP contribution in [0, 0.1) is 5.92 Å². The first-order valence-electron chi connectivity index (χ1n) is 5.36. The minimum absolute atomic E-state index is 0. The van der Waals surface area contributed by atoms with Crippen LogP contribution in [0.1, 0.15) is 31.9 Å². The summed E-state index contributed by atoms with van der Waals surface area (Å²) >= 11 is 9.34. The van der Waals surface area contributed by atoms with Gasteiger partial charge < -0.3 is 10.8 Å². The molecule has 0 radical (unpaired) electrons. The van der Waals surface area contributed by atoms with Crippen molar-refractivity contribution in [3.63, 3.8) is 0 Å². The number of aliphatic hydroxyl groups excluding tert-OH is 1. The van der Waals surface area contributed by atoms with Crippen molar-refractivity contribution in [3.05, 3.63) is 33.3 Å². The lowest BCUT2D eigenvalue weighted by Gasteiger charge is -2.25. The van der Waals surface area contributed by atoms with E-state index < -0.39 is 12.1 Å². The molecular weight excluding hydrogens is 325 g/mol. The minimum atomic E-state index is -0.556. The van der Waals surface area contributed by atoms with E-state index in [1.807, 2.05) is 19.9 Å². The molecule has 0 amide bonds. The Morgan fingerprint density at radius 2 is 2.06 bits per heavy atom. The summed E-state index contributed by atoms with van der Waals surface area (Å²) < 4.78 is 0.881. The van der Waals surface area contributed by atoms with Gasteiger partial charge in [0.2, 0.25) is 0 Å². The van der Waals surface area contributed by atoms with Crippen molar-refractivity contribution in [3.8, 4) is 0 Å². The highest BCUT2D eigenvalue weighted by Crippen LogP contribution is 2.29. The van der Waals surface area contributed by atoms with Crippen molar-refractivity contribution < 1.29 is 5.11 Å². The van der Waals surface area contributed by atoms with Crippen LogP contribution < -0.4 is 5.73 Å². The summed E-state index contributed by atoms with van der Waals surface area (Å²) in [7, 11) is 0. The molecule has 5 heteroatoms. The number of hydrogen-bond donors (Lipinski definition) is 2. The highest BCUT2D eigenvalue weighted by molar-refractivity contribution is 9.10. The third-order valence-corrected chi connectivity index (χ3v) is 3.87. The summed E-state index contributed by atoms with van der Waals surface area (Å²) in [5.74, 6) is 0.167. The van der Waals surface area contributed by atoms with Crippen LogP contribution in [-0.4, -0.2) is 11.2 Å². The quantitative estimate of drug-likeness (QED) is 0.870. The molecule has 0 aromatic heterocycles. The fourth-order valence-electron chi connectivity index (χ4n) is 1.55. The zero-order chi connectivity index (χ0) is 12.3. The molecule has 3 N–H and O–H groups in total. The van der Waals surface area contributed by atoms with E-state index in [0.717, 1.165) is 16.5 Å². The standard InChI is InChI=1S/C12H17BrClNO.ClH/c1-3-7(2)12(16)11(15)9-6-8(14)4-5-10(9)13;/h4-7,11-12,16H,3,15H2,1-2H3;1H/t7?,11-,12+;/m0./s1. The lowest BCUT2D eigenvalue weighted by Crippen LogP contribution is -2.31. The Balaban J connectivity index is 0.00000256. The van der Waals surface area contributed by atoms with Gasteiger partial charge in [0.1, 0.15) is 0 Å². The van der Waals surface area contributed by atoms with Crippen LogP contribution in [0.4, 0.5) is 0 Å². The Morgan fingerprint density at radius 1 is 1.47 bits per heavy atom. The predicted molar refractivity (Wildman–Crippen MR) is 78.8 cm³/mol. The second-order valence-electron chi connectivity index (χ2n) is 4.07. The highest BCUT2D eigenvalue weighted by atomic mass is 79.9. The van der Waals surface area contributed by atoms with Gasteiger partial charge in [-0.25, -0.2) is 0 Å². The van der Waals surface area contributed by atoms with Crippen molar-refractivity contribution in [2.24, 2.45) is 11.7 Å². The summed E-state index contributed by atoms with van der Waals surface area (Å²) in [6.07, 6.45) is 0.340. The lowest BCUT2D eigenvalue weighted by molar-refractivity contribution is 0.0878. The van der Waals surface area contributed by atoms with E-state index in [1.165, 1.54) is 0 Å². The van der Waals surface area contributed by atoms with Gasteiger partial charge in [-0.05, 0) is 29.7 Å². The van der Waals surface area contributed by atoms with E-state index in [1.54, 1.807) is 12.1 Å². The van der Waals surface area contributed by atoms with Crippen LogP contribution in [0.25, 0.3) is 0 Å². The molecular formula is C12H18BrCl2NO. The van der Waals surface area contributed by atoms with Crippen molar-refractivity contribution >= 4 is 39.9 Å². The van der Waals surface area contributed by atoms with E-state index in [9.17, 15) is 5.11 Å². The Morgan fingerprint density at radius 3 is 2.59 bits per heavy atom. The maximum absolute atomic E-state index is 10.1. The third-order valence-electron chi connectivity index (χ3n) is 2.91. The number of hydrogen-bond acceptors (Lipinski definition) is 2. The predicted octanol–water partition coefficient (Wildman–Crippen LogP) is 3.93. The van der Waals surface area contributed by atoms with Crippen LogP contribution in [0.3, 0.4) is 0 Å². The Kier molecular flexibility index (Phi) is 7.68. The number of aliphatic hydroxyl groups is 1. The molecule has 0 aliphatic carbocycles. The SMILES string of the molecule is CCC(C)[C@@H](O)[C@@H](N)c1cc(Cl)ccc1Br.Cl. The zero-order valence-electron chi connectivity index (χ0n) is 9.86. The van der Waals surface area contributed by atoms with Gasteiger partial charge in [0, 0.05) is 9.50 Å². The van der Waals surface area contributed by atoms with Gasteiger partial charge in [-0.15, -0.1) is 12.4 Å². The van der Waals surface area contributed by atoms with Gasteiger partial charge >= 0.3 is 0 Å². The second-order valence-corrected chi connectivity index (χ2v) is 5.36. The second kappa shape index (κ2) is 7.59. The van der Waals surface area contributed by atoms with Gasteiger partial charge in [0.25, 0.3) is 0 Å². The molecule has 0 saturated carbocycles. The van der Waals surface area contributed by atoms with E-state index in [-0.39, 0.29) is 18.3 Å². The van der Waals surface area contributed by atoms with Crippen LogP contribution >= 0.6 is 39.9 Å². The monoisotopic (exact) mass is 341 g/mol. The highest BCUT2D eigenvalue weighted by Gasteiger charge is 2.23. The molecule has 0 aliphatic heterocycles. The van der Waals surface area contributed by atoms with E-state index in [2.05, 4.69) is 15.9 Å². The summed E-state index contributed by atoms with van der Waals surface area (Å²) in [6.45, 7) is 4.02. The zero-order valence-corrected chi connectivity index (χ0v) is 13.0. The molecule has 3 atom stereocenters. The normalized spacial score (nSPS) is 15.9. The van der Waals surface area contributed by atoms with Gasteiger partial charge in [0.15, 0.2) is 0 Å². The molecule has 0 saturated heterocycles. The molecule has 1 aromatic carbocycles. The van der Waals surface area contributed by atoms with Crippen molar-refractivity contribution in [2.45, 2.75) is 32.4 Å². The van der Waals surface area contributed by atoms with Gasteiger partial charge in [-0.3, -0.25) is 0 Å². The first-order chi connectivity index (χ1) is 7.47. The van der Waals surface area contributed by atoms with Gasteiger partial charge in [0.05, 0.1) is 12.1 Å². The van der Waals surface area contributed by atoms with E-state index >= 15 is 0 Å². The molecule has 1 unspecified atom stereocenters. The Labute approximate surface area is 122 Å². The van der Waals surface area contributed by atoms with Crippen LogP contribution in [0.15, 0.2) is 22.7 Å². The van der Waals surface area contributed by atoms with Crippen LogP contribution in [0.5, 0.6) is 0 Å². The van der Waals surface area contributed by atoms with Gasteiger partial charge in [-0.1, -0.05) is 47.8 Å². The summed E-state index contributed by atoms with van der Waals surface area (Å²) in [6, 6.07) is 5.02. The topological polar surface area (TPSA) is 46.2 Å². The molecule has 0 spiro atoms. The molecule has 17 heavy (non-hydrogen) atoms. The van der Waals surface area contributed by atoms with E-state index in [0.29, 0.717) is 5.02 Å². The summed E-state index contributed by atoms with van der Waals surface area (Å²) in [5.41, 5.74) is 6.89. The molecule has 98 valence electrons. The maximum Gasteiger partial charge on any atom is 0.0758 e.